The van der Waals surface area contributed by atoms with Gasteiger partial charge in [-0.15, -0.1) is 0 Å². The Kier molecular flexibility index (Phi) is 6.93. The van der Waals surface area contributed by atoms with Crippen molar-refractivity contribution < 1.29 is 19.0 Å². The van der Waals surface area contributed by atoms with E-state index in [1.54, 1.807) is 6.07 Å². The summed E-state index contributed by atoms with van der Waals surface area (Å²) in [5.41, 5.74) is 3.71. The van der Waals surface area contributed by atoms with Crippen LogP contribution in [-0.4, -0.2) is 67.1 Å². The van der Waals surface area contributed by atoms with Gasteiger partial charge in [-0.1, -0.05) is 6.58 Å². The zero-order chi connectivity index (χ0) is 26.3. The normalized spacial score (nSPS) is 25.2. The molecule has 3 fully saturated rings. The van der Waals surface area contributed by atoms with Crippen molar-refractivity contribution in [2.45, 2.75) is 56.8 Å². The maximum atomic E-state index is 15.4. The van der Waals surface area contributed by atoms with Crippen LogP contribution >= 0.6 is 0 Å². The van der Waals surface area contributed by atoms with Crippen molar-refractivity contribution in [1.82, 2.24) is 4.90 Å². The predicted molar refractivity (Wildman–Crippen MR) is 150 cm³/mol. The third-order valence-corrected chi connectivity index (χ3v) is 8.59. The average Bonchev–Trinajstić information content (AvgIpc) is 3.60. The van der Waals surface area contributed by atoms with E-state index in [0.29, 0.717) is 18.3 Å². The summed E-state index contributed by atoms with van der Waals surface area (Å²) in [6.07, 6.45) is 8.91. The third-order valence-electron chi connectivity index (χ3n) is 8.59. The summed E-state index contributed by atoms with van der Waals surface area (Å²) in [6, 6.07) is 11.9. The van der Waals surface area contributed by atoms with Crippen LogP contribution in [-0.2, 0) is 4.74 Å². The number of hydrogen-bond donors (Lipinski definition) is 1. The van der Waals surface area contributed by atoms with Crippen LogP contribution in [0.5, 0.6) is 5.75 Å². The van der Waals surface area contributed by atoms with E-state index in [4.69, 9.17) is 9.47 Å². The number of nitrogens with zero attached hydrogens (tertiary/aromatic N) is 3. The van der Waals surface area contributed by atoms with Gasteiger partial charge in [-0.3, -0.25) is 4.90 Å². The minimum atomic E-state index is -0.551. The summed E-state index contributed by atoms with van der Waals surface area (Å²) in [5.74, 6) is 0.606. The average molecular weight is 520 g/mol. The molecule has 0 spiro atoms. The molecule has 4 aliphatic rings. The van der Waals surface area contributed by atoms with Crippen molar-refractivity contribution in [1.29, 1.82) is 0 Å². The molecule has 0 bridgehead atoms. The molecule has 38 heavy (non-hydrogen) atoms. The quantitative estimate of drug-likeness (QED) is 0.561. The van der Waals surface area contributed by atoms with Crippen molar-refractivity contribution in [3.63, 3.8) is 0 Å². The monoisotopic (exact) mass is 519 g/mol. The zero-order valence-corrected chi connectivity index (χ0v) is 22.2. The van der Waals surface area contributed by atoms with E-state index < -0.39 is 5.60 Å². The number of ether oxygens (including phenoxy) is 2. The topological polar surface area (TPSA) is 48.4 Å². The number of rotatable bonds is 6. The van der Waals surface area contributed by atoms with Gasteiger partial charge in [-0.2, -0.15) is 0 Å². The van der Waals surface area contributed by atoms with E-state index in [9.17, 15) is 5.11 Å². The van der Waals surface area contributed by atoms with Gasteiger partial charge < -0.3 is 24.4 Å². The first-order valence-electron chi connectivity index (χ1n) is 13.9. The fraction of sp³-hybridized carbons (Fsp3) is 0.484. The number of likely N-dealkylation sites (tertiary alicyclic amines) is 1. The summed E-state index contributed by atoms with van der Waals surface area (Å²) in [7, 11) is 0. The molecule has 2 aromatic rings. The molecular formula is C31H38FN3O3. The second-order valence-corrected chi connectivity index (χ2v) is 11.4. The van der Waals surface area contributed by atoms with Gasteiger partial charge >= 0.3 is 0 Å². The highest BCUT2D eigenvalue weighted by atomic mass is 19.1. The first-order valence-corrected chi connectivity index (χ1v) is 13.9. The van der Waals surface area contributed by atoms with Crippen LogP contribution < -0.4 is 14.5 Å². The summed E-state index contributed by atoms with van der Waals surface area (Å²) >= 11 is 0. The minimum Gasteiger partial charge on any atom is -0.491 e. The Balaban J connectivity index is 1.11. The molecule has 202 valence electrons. The Bertz CT molecular complexity index is 1210. The highest BCUT2D eigenvalue weighted by molar-refractivity contribution is 5.89. The van der Waals surface area contributed by atoms with Crippen molar-refractivity contribution in [2.24, 2.45) is 0 Å². The summed E-state index contributed by atoms with van der Waals surface area (Å²) in [5, 5.41) is 10.3. The number of benzene rings is 2. The summed E-state index contributed by atoms with van der Waals surface area (Å²) < 4.78 is 27.0. The Morgan fingerprint density at radius 2 is 1.97 bits per heavy atom. The largest absolute Gasteiger partial charge is 0.491 e. The van der Waals surface area contributed by atoms with E-state index in [0.717, 1.165) is 93.2 Å². The van der Waals surface area contributed by atoms with Crippen molar-refractivity contribution in [3.05, 3.63) is 66.1 Å². The standard InChI is InChI=1S/C31H38FN3O3/c1-22-28-7-6-26(38-21-27-4-3-17-37-27)18-23(28)9-14-35(22)24-5-8-30(29(32)19-24)34-13-10-25(20-34)33-15-11-31(2,36)12-16-33/h5-9,14,18-19,25,27,36H,1,3-4,10-13,15-17,20-21H2,2H3/t25?,27-/m1/s1. The number of aliphatic hydroxyl groups is 1. The van der Waals surface area contributed by atoms with Gasteiger partial charge in [-0.05, 0) is 81.0 Å². The molecule has 3 saturated heterocycles. The van der Waals surface area contributed by atoms with Crippen LogP contribution in [0, 0.1) is 5.82 Å². The second kappa shape index (κ2) is 10.4. The lowest BCUT2D eigenvalue weighted by molar-refractivity contribution is -0.0142. The van der Waals surface area contributed by atoms with Crippen LogP contribution in [0.2, 0.25) is 0 Å². The lowest BCUT2D eigenvalue weighted by Crippen LogP contribution is -2.47. The summed E-state index contributed by atoms with van der Waals surface area (Å²) in [6.45, 7) is 11.1. The minimum absolute atomic E-state index is 0.179. The molecule has 0 aliphatic carbocycles. The predicted octanol–water partition coefficient (Wildman–Crippen LogP) is 5.27. The van der Waals surface area contributed by atoms with Crippen LogP contribution in [0.25, 0.3) is 11.8 Å². The van der Waals surface area contributed by atoms with Crippen molar-refractivity contribution in [3.8, 4) is 5.75 Å². The van der Waals surface area contributed by atoms with E-state index in [-0.39, 0.29) is 11.9 Å². The second-order valence-electron chi connectivity index (χ2n) is 11.4. The fourth-order valence-electron chi connectivity index (χ4n) is 6.14. The van der Waals surface area contributed by atoms with Gasteiger partial charge in [0, 0.05) is 68.0 Å². The molecule has 0 aromatic heterocycles. The van der Waals surface area contributed by atoms with Crippen molar-refractivity contribution in [2.75, 3.05) is 49.2 Å². The first kappa shape index (κ1) is 25.4. The fourth-order valence-corrected chi connectivity index (χ4v) is 6.14. The lowest BCUT2D eigenvalue weighted by atomic mass is 9.93. The zero-order valence-electron chi connectivity index (χ0n) is 22.2. The van der Waals surface area contributed by atoms with Gasteiger partial charge in [0.1, 0.15) is 18.2 Å². The first-order chi connectivity index (χ1) is 18.4. The van der Waals surface area contributed by atoms with Crippen LogP contribution in [0.3, 0.4) is 0 Å². The molecule has 0 radical (unpaired) electrons. The Hall–Kier alpha value is -2.87. The number of fused-ring (bicyclic) bond motifs is 1. The molecule has 1 N–H and O–H groups in total. The van der Waals surface area contributed by atoms with Gasteiger partial charge in [0.15, 0.2) is 0 Å². The van der Waals surface area contributed by atoms with Gasteiger partial charge in [-0.25, -0.2) is 4.39 Å². The third kappa shape index (κ3) is 5.20. The molecule has 2 aromatic carbocycles. The van der Waals surface area contributed by atoms with E-state index >= 15 is 4.39 Å². The van der Waals surface area contributed by atoms with E-state index in [1.165, 1.54) is 0 Å². The van der Waals surface area contributed by atoms with Crippen LogP contribution in [0.15, 0.2) is 49.2 Å². The maximum absolute atomic E-state index is 15.4. The molecule has 2 atom stereocenters. The number of piperidine rings is 1. The number of halogens is 1. The highest BCUT2D eigenvalue weighted by Crippen LogP contribution is 2.37. The molecule has 4 heterocycles. The van der Waals surface area contributed by atoms with Gasteiger partial charge in [0.25, 0.3) is 0 Å². The maximum Gasteiger partial charge on any atom is 0.148 e. The van der Waals surface area contributed by atoms with E-state index in [1.807, 2.05) is 54.4 Å². The van der Waals surface area contributed by atoms with E-state index in [2.05, 4.69) is 16.4 Å². The molecular weight excluding hydrogens is 481 g/mol. The molecule has 6 nitrogen and oxygen atoms in total. The number of hydrogen-bond acceptors (Lipinski definition) is 6. The van der Waals surface area contributed by atoms with Gasteiger partial charge in [0.2, 0.25) is 0 Å². The number of anilines is 2. The van der Waals surface area contributed by atoms with Crippen LogP contribution in [0.1, 0.15) is 50.2 Å². The van der Waals surface area contributed by atoms with Crippen LogP contribution in [0.4, 0.5) is 15.8 Å². The Labute approximate surface area is 224 Å². The summed E-state index contributed by atoms with van der Waals surface area (Å²) in [4.78, 5) is 6.56. The lowest BCUT2D eigenvalue weighted by Gasteiger charge is -2.39. The SMILES string of the molecule is C=C1c2ccc(OC[C@H]3CCCO3)cc2C=CN1c1ccc(N2CCC(N3CCC(C)(O)CC3)C2)c(F)c1. The highest BCUT2D eigenvalue weighted by Gasteiger charge is 2.34. The molecule has 7 heteroatoms. The Morgan fingerprint density at radius 3 is 2.74 bits per heavy atom. The smallest absolute Gasteiger partial charge is 0.148 e. The Morgan fingerprint density at radius 1 is 1.13 bits per heavy atom. The molecule has 0 amide bonds. The molecule has 0 saturated carbocycles. The van der Waals surface area contributed by atoms with Gasteiger partial charge in [0.05, 0.1) is 17.4 Å². The molecule has 6 rings (SSSR count). The van der Waals surface area contributed by atoms with Crippen molar-refractivity contribution >= 4 is 23.1 Å². The molecule has 4 aliphatic heterocycles. The molecule has 1 unspecified atom stereocenters.